The van der Waals surface area contributed by atoms with Gasteiger partial charge >= 0.3 is 0 Å². The van der Waals surface area contributed by atoms with Crippen LogP contribution in [0.3, 0.4) is 0 Å². The molecule has 0 aliphatic carbocycles. The molecular weight excluding hydrogens is 240 g/mol. The first-order valence-electron chi connectivity index (χ1n) is 6.80. The van der Waals surface area contributed by atoms with Gasteiger partial charge in [0, 0.05) is 39.6 Å². The van der Waals surface area contributed by atoms with Crippen molar-refractivity contribution >= 4 is 11.7 Å². The average Bonchev–Trinajstić information content (AvgIpc) is 2.41. The predicted molar refractivity (Wildman–Crippen MR) is 75.9 cm³/mol. The Morgan fingerprint density at radius 2 is 2.16 bits per heavy atom. The quantitative estimate of drug-likeness (QED) is 0.857. The van der Waals surface area contributed by atoms with Crippen LogP contribution in [0.4, 0.5) is 5.82 Å². The Bertz CT molecular complexity index is 427. The Labute approximate surface area is 114 Å². The van der Waals surface area contributed by atoms with E-state index >= 15 is 0 Å². The summed E-state index contributed by atoms with van der Waals surface area (Å²) >= 11 is 0. The lowest BCUT2D eigenvalue weighted by molar-refractivity contribution is -0.119. The molecule has 0 radical (unpaired) electrons. The molecule has 0 spiro atoms. The molecule has 1 aromatic heterocycles. The van der Waals surface area contributed by atoms with Gasteiger partial charge in [-0.2, -0.15) is 0 Å². The minimum absolute atomic E-state index is 0.0711. The molecule has 1 saturated heterocycles. The van der Waals surface area contributed by atoms with Crippen molar-refractivity contribution in [3.8, 4) is 0 Å². The number of carbonyl (C=O) groups is 1. The van der Waals surface area contributed by atoms with E-state index in [1.165, 1.54) is 0 Å². The number of rotatable bonds is 4. The zero-order valence-electron chi connectivity index (χ0n) is 11.6. The Morgan fingerprint density at radius 1 is 1.42 bits per heavy atom. The van der Waals surface area contributed by atoms with Crippen LogP contribution in [-0.2, 0) is 11.3 Å². The molecule has 1 amide bonds. The highest BCUT2D eigenvalue weighted by Gasteiger charge is 2.19. The van der Waals surface area contributed by atoms with Crippen molar-refractivity contribution in [3.63, 3.8) is 0 Å². The number of nitrogens with one attached hydrogen (secondary N) is 2. The van der Waals surface area contributed by atoms with Gasteiger partial charge in [-0.25, -0.2) is 4.98 Å². The molecule has 1 aromatic rings. The third-order valence-electron chi connectivity index (χ3n) is 3.44. The van der Waals surface area contributed by atoms with Crippen molar-refractivity contribution < 1.29 is 4.79 Å². The zero-order chi connectivity index (χ0) is 13.7. The third kappa shape index (κ3) is 4.21. The second-order valence-corrected chi connectivity index (χ2v) is 5.02. The molecule has 5 heteroatoms. The molecule has 2 rings (SSSR count). The van der Waals surface area contributed by atoms with E-state index in [9.17, 15) is 4.79 Å². The lowest BCUT2D eigenvalue weighted by Gasteiger charge is -2.31. The molecule has 0 unspecified atom stereocenters. The number of hydrogen-bond donors (Lipinski definition) is 2. The summed E-state index contributed by atoms with van der Waals surface area (Å²) in [5.74, 6) is 0.979. The SMILES string of the molecule is CNc1cccc(CN2CCC(NC(C)=O)CC2)n1. The number of piperidine rings is 1. The molecule has 1 fully saturated rings. The summed E-state index contributed by atoms with van der Waals surface area (Å²) in [6.07, 6.45) is 2.04. The third-order valence-corrected chi connectivity index (χ3v) is 3.44. The summed E-state index contributed by atoms with van der Waals surface area (Å²) < 4.78 is 0. The number of nitrogens with zero attached hydrogens (tertiary/aromatic N) is 2. The Morgan fingerprint density at radius 3 is 2.79 bits per heavy atom. The van der Waals surface area contributed by atoms with Crippen LogP contribution in [0.2, 0.25) is 0 Å². The molecule has 0 saturated carbocycles. The fraction of sp³-hybridized carbons (Fsp3) is 0.571. The van der Waals surface area contributed by atoms with Crippen LogP contribution >= 0.6 is 0 Å². The summed E-state index contributed by atoms with van der Waals surface area (Å²) in [7, 11) is 1.88. The highest BCUT2D eigenvalue weighted by Crippen LogP contribution is 2.14. The summed E-state index contributed by atoms with van der Waals surface area (Å²) in [6, 6.07) is 6.39. The van der Waals surface area contributed by atoms with Gasteiger partial charge in [-0.3, -0.25) is 9.69 Å². The van der Waals surface area contributed by atoms with Crippen molar-refractivity contribution in [1.82, 2.24) is 15.2 Å². The van der Waals surface area contributed by atoms with Gasteiger partial charge in [0.25, 0.3) is 0 Å². The van der Waals surface area contributed by atoms with Crippen LogP contribution in [-0.4, -0.2) is 42.0 Å². The highest BCUT2D eigenvalue weighted by molar-refractivity contribution is 5.73. The van der Waals surface area contributed by atoms with Gasteiger partial charge in [-0.15, -0.1) is 0 Å². The monoisotopic (exact) mass is 262 g/mol. The molecule has 19 heavy (non-hydrogen) atoms. The molecule has 2 heterocycles. The smallest absolute Gasteiger partial charge is 0.217 e. The van der Waals surface area contributed by atoms with Crippen LogP contribution < -0.4 is 10.6 Å². The van der Waals surface area contributed by atoms with E-state index in [2.05, 4.69) is 26.6 Å². The van der Waals surface area contributed by atoms with E-state index in [4.69, 9.17) is 0 Å². The van der Waals surface area contributed by atoms with E-state index < -0.39 is 0 Å². The second kappa shape index (κ2) is 6.52. The number of likely N-dealkylation sites (tertiary alicyclic amines) is 1. The molecule has 1 aliphatic heterocycles. The van der Waals surface area contributed by atoms with Crippen molar-refractivity contribution in [2.24, 2.45) is 0 Å². The maximum absolute atomic E-state index is 11.0. The van der Waals surface area contributed by atoms with E-state index in [0.29, 0.717) is 6.04 Å². The molecule has 0 atom stereocenters. The van der Waals surface area contributed by atoms with Crippen molar-refractivity contribution in [2.75, 3.05) is 25.5 Å². The van der Waals surface area contributed by atoms with Crippen LogP contribution in [0.15, 0.2) is 18.2 Å². The van der Waals surface area contributed by atoms with Crippen LogP contribution in [0.25, 0.3) is 0 Å². The first-order valence-corrected chi connectivity index (χ1v) is 6.80. The van der Waals surface area contributed by atoms with Crippen LogP contribution in [0.5, 0.6) is 0 Å². The average molecular weight is 262 g/mol. The van der Waals surface area contributed by atoms with Crippen molar-refractivity contribution in [3.05, 3.63) is 23.9 Å². The first kappa shape index (κ1) is 13.8. The Balaban J connectivity index is 1.83. The molecule has 0 bridgehead atoms. The Hall–Kier alpha value is -1.62. The summed E-state index contributed by atoms with van der Waals surface area (Å²) in [6.45, 7) is 4.48. The molecule has 104 valence electrons. The van der Waals surface area contributed by atoms with Crippen molar-refractivity contribution in [2.45, 2.75) is 32.4 Å². The number of pyridine rings is 1. The lowest BCUT2D eigenvalue weighted by Crippen LogP contribution is -2.43. The fourth-order valence-electron chi connectivity index (χ4n) is 2.46. The summed E-state index contributed by atoms with van der Waals surface area (Å²) in [5.41, 5.74) is 1.09. The highest BCUT2D eigenvalue weighted by atomic mass is 16.1. The maximum atomic E-state index is 11.0. The normalized spacial score (nSPS) is 17.2. The van der Waals surface area contributed by atoms with Gasteiger partial charge in [0.1, 0.15) is 5.82 Å². The molecular formula is C14H22N4O. The molecule has 5 nitrogen and oxygen atoms in total. The minimum Gasteiger partial charge on any atom is -0.373 e. The van der Waals surface area contributed by atoms with Gasteiger partial charge in [-0.05, 0) is 25.0 Å². The van der Waals surface area contributed by atoms with Gasteiger partial charge < -0.3 is 10.6 Å². The van der Waals surface area contributed by atoms with Crippen molar-refractivity contribution in [1.29, 1.82) is 0 Å². The van der Waals surface area contributed by atoms with Gasteiger partial charge in [-0.1, -0.05) is 6.07 Å². The van der Waals surface area contributed by atoms with E-state index in [-0.39, 0.29) is 5.91 Å². The lowest BCUT2D eigenvalue weighted by atomic mass is 10.0. The summed E-state index contributed by atoms with van der Waals surface area (Å²) in [5, 5.41) is 6.05. The van der Waals surface area contributed by atoms with Gasteiger partial charge in [0.05, 0.1) is 5.69 Å². The van der Waals surface area contributed by atoms with E-state index in [1.54, 1.807) is 6.92 Å². The van der Waals surface area contributed by atoms with Crippen LogP contribution in [0, 0.1) is 0 Å². The number of amides is 1. The first-order chi connectivity index (χ1) is 9.17. The Kier molecular flexibility index (Phi) is 4.74. The minimum atomic E-state index is 0.0711. The maximum Gasteiger partial charge on any atom is 0.217 e. The van der Waals surface area contributed by atoms with Gasteiger partial charge in [0.15, 0.2) is 0 Å². The predicted octanol–water partition coefficient (Wildman–Crippen LogP) is 1.22. The number of hydrogen-bond acceptors (Lipinski definition) is 4. The van der Waals surface area contributed by atoms with E-state index in [0.717, 1.165) is 44.0 Å². The second-order valence-electron chi connectivity index (χ2n) is 5.02. The van der Waals surface area contributed by atoms with Gasteiger partial charge in [0.2, 0.25) is 5.91 Å². The fourth-order valence-corrected chi connectivity index (χ4v) is 2.46. The number of carbonyl (C=O) groups excluding carboxylic acids is 1. The molecule has 1 aliphatic rings. The topological polar surface area (TPSA) is 57.3 Å². The standard InChI is InChI=1S/C14H22N4O/c1-11(19)16-12-6-8-18(9-7-12)10-13-4-3-5-14(15-2)17-13/h3-5,12H,6-10H2,1-2H3,(H,15,17)(H,16,19). The number of anilines is 1. The summed E-state index contributed by atoms with van der Waals surface area (Å²) in [4.78, 5) is 17.9. The van der Waals surface area contributed by atoms with Crippen LogP contribution in [0.1, 0.15) is 25.5 Å². The zero-order valence-corrected chi connectivity index (χ0v) is 11.6. The van der Waals surface area contributed by atoms with E-state index in [1.807, 2.05) is 19.2 Å². The molecule has 2 N–H and O–H groups in total. The number of aromatic nitrogens is 1. The molecule has 0 aromatic carbocycles. The largest absolute Gasteiger partial charge is 0.373 e.